The van der Waals surface area contributed by atoms with Crippen molar-refractivity contribution >= 4 is 5.97 Å². The number of nitro groups is 1. The summed E-state index contributed by atoms with van der Waals surface area (Å²) in [6.07, 6.45) is 0.759. The van der Waals surface area contributed by atoms with Crippen molar-refractivity contribution < 1.29 is 14.8 Å². The second-order valence-electron chi connectivity index (χ2n) is 1.70. The molecule has 0 amide bonds. The molecule has 0 bridgehead atoms. The molecule has 5 nitrogen and oxygen atoms in total. The maximum Gasteiger partial charge on any atom is 0.307 e. The van der Waals surface area contributed by atoms with Gasteiger partial charge in [-0.2, -0.15) is 0 Å². The van der Waals surface area contributed by atoms with Crippen LogP contribution >= 0.6 is 0 Å². The van der Waals surface area contributed by atoms with Gasteiger partial charge in [-0.3, -0.25) is 14.9 Å². The molecular weight excluding hydrogens is 138 g/mol. The normalized spacial score (nSPS) is 11.1. The van der Waals surface area contributed by atoms with Crippen LogP contribution in [0.15, 0.2) is 11.8 Å². The van der Waals surface area contributed by atoms with Crippen LogP contribution in [0.4, 0.5) is 0 Å². The Morgan fingerprint density at radius 1 is 1.80 bits per heavy atom. The van der Waals surface area contributed by atoms with E-state index in [0.717, 1.165) is 6.08 Å². The Kier molecular flexibility index (Phi) is 3.10. The summed E-state index contributed by atoms with van der Waals surface area (Å²) in [5.74, 6) is -1.07. The molecule has 10 heavy (non-hydrogen) atoms. The number of rotatable bonds is 3. The van der Waals surface area contributed by atoms with Gasteiger partial charge in [-0.1, -0.05) is 0 Å². The van der Waals surface area contributed by atoms with Gasteiger partial charge in [-0.05, 0) is 6.08 Å². The second kappa shape index (κ2) is 3.60. The molecule has 5 heteroatoms. The summed E-state index contributed by atoms with van der Waals surface area (Å²) in [5, 5.41) is 17.9. The van der Waals surface area contributed by atoms with Crippen LogP contribution in [-0.2, 0) is 4.79 Å². The van der Waals surface area contributed by atoms with Crippen molar-refractivity contribution in [2.75, 3.05) is 0 Å². The van der Waals surface area contributed by atoms with Gasteiger partial charge < -0.3 is 5.11 Å². The smallest absolute Gasteiger partial charge is 0.307 e. The fraction of sp³-hybridized carbons (Fsp3) is 0.400. The van der Waals surface area contributed by atoms with Gasteiger partial charge in [0.2, 0.25) is 5.70 Å². The highest BCUT2D eigenvalue weighted by molar-refractivity contribution is 5.68. The van der Waals surface area contributed by atoms with Crippen LogP contribution in [0.2, 0.25) is 0 Å². The average molecular weight is 145 g/mol. The van der Waals surface area contributed by atoms with Crippen LogP contribution in [0, 0.1) is 10.1 Å². The molecule has 56 valence electrons. The third kappa shape index (κ3) is 3.59. The van der Waals surface area contributed by atoms with E-state index in [9.17, 15) is 14.9 Å². The van der Waals surface area contributed by atoms with Gasteiger partial charge in [0.1, 0.15) is 0 Å². The summed E-state index contributed by atoms with van der Waals surface area (Å²) in [7, 11) is 0. The second-order valence-corrected chi connectivity index (χ2v) is 1.70. The molecule has 0 saturated heterocycles. The van der Waals surface area contributed by atoms with Crippen LogP contribution in [0.3, 0.4) is 0 Å². The van der Waals surface area contributed by atoms with E-state index >= 15 is 0 Å². The third-order valence-corrected chi connectivity index (χ3v) is 0.860. The number of carboxylic acid groups (broad SMARTS) is 1. The molecule has 0 aromatic rings. The van der Waals surface area contributed by atoms with Gasteiger partial charge >= 0.3 is 5.97 Å². The van der Waals surface area contributed by atoms with Gasteiger partial charge in [0.05, 0.1) is 11.3 Å². The van der Waals surface area contributed by atoms with Crippen LogP contribution in [-0.4, -0.2) is 16.0 Å². The summed E-state index contributed by atoms with van der Waals surface area (Å²) in [6, 6.07) is 0. The maximum atomic E-state index is 9.86. The monoisotopic (exact) mass is 145 g/mol. The highest BCUT2D eigenvalue weighted by atomic mass is 16.6. The van der Waals surface area contributed by atoms with E-state index in [-0.39, 0.29) is 12.1 Å². The molecule has 0 aliphatic heterocycles. The van der Waals surface area contributed by atoms with E-state index in [1.165, 1.54) is 6.92 Å². The van der Waals surface area contributed by atoms with Gasteiger partial charge in [0, 0.05) is 6.92 Å². The molecule has 0 heterocycles. The van der Waals surface area contributed by atoms with E-state index in [2.05, 4.69) is 0 Å². The zero-order valence-corrected chi connectivity index (χ0v) is 5.40. The summed E-state index contributed by atoms with van der Waals surface area (Å²) in [5.41, 5.74) is -0.137. The average Bonchev–Trinajstić information content (AvgIpc) is 1.82. The highest BCUT2D eigenvalue weighted by Crippen LogP contribution is 1.94. The van der Waals surface area contributed by atoms with Crippen molar-refractivity contribution in [3.8, 4) is 0 Å². The van der Waals surface area contributed by atoms with E-state index in [1.54, 1.807) is 0 Å². The maximum absolute atomic E-state index is 9.86. The highest BCUT2D eigenvalue weighted by Gasteiger charge is 2.01. The van der Waals surface area contributed by atoms with Crippen molar-refractivity contribution in [1.82, 2.24) is 0 Å². The summed E-state index contributed by atoms with van der Waals surface area (Å²) < 4.78 is 0. The lowest BCUT2D eigenvalue weighted by Crippen LogP contribution is -1.96. The van der Waals surface area contributed by atoms with Crippen molar-refractivity contribution in [2.24, 2.45) is 0 Å². The molecule has 1 N–H and O–H groups in total. The van der Waals surface area contributed by atoms with Crippen LogP contribution < -0.4 is 0 Å². The summed E-state index contributed by atoms with van der Waals surface area (Å²) in [4.78, 5) is 19.1. The Morgan fingerprint density at radius 2 is 2.30 bits per heavy atom. The lowest BCUT2D eigenvalue weighted by Gasteiger charge is -1.86. The molecule has 0 radical (unpaired) electrons. The molecule has 0 aromatic carbocycles. The van der Waals surface area contributed by atoms with E-state index in [4.69, 9.17) is 5.11 Å². The van der Waals surface area contributed by atoms with Gasteiger partial charge in [-0.15, -0.1) is 0 Å². The topological polar surface area (TPSA) is 80.4 Å². The lowest BCUT2D eigenvalue weighted by atomic mass is 10.3. The molecular formula is C5H7NO4. The van der Waals surface area contributed by atoms with Gasteiger partial charge in [-0.25, -0.2) is 0 Å². The van der Waals surface area contributed by atoms with Crippen molar-refractivity contribution in [1.29, 1.82) is 0 Å². The molecule has 0 fully saturated rings. The molecule has 0 spiro atoms. The lowest BCUT2D eigenvalue weighted by molar-refractivity contribution is -0.424. The Bertz CT molecular complexity index is 184. The molecule has 0 atom stereocenters. The number of carbonyl (C=O) groups is 1. The van der Waals surface area contributed by atoms with Gasteiger partial charge in [0.15, 0.2) is 0 Å². The first kappa shape index (κ1) is 8.61. The largest absolute Gasteiger partial charge is 0.481 e. The number of hydrogen-bond acceptors (Lipinski definition) is 3. The minimum Gasteiger partial charge on any atom is -0.481 e. The number of carboxylic acids is 1. The van der Waals surface area contributed by atoms with E-state index < -0.39 is 10.9 Å². The molecule has 0 aromatic heterocycles. The quantitative estimate of drug-likeness (QED) is 0.466. The number of hydrogen-bond donors (Lipinski definition) is 1. The first-order valence-electron chi connectivity index (χ1n) is 2.57. The van der Waals surface area contributed by atoms with Crippen molar-refractivity contribution in [3.63, 3.8) is 0 Å². The molecule has 0 aliphatic rings. The minimum absolute atomic E-state index is 0.137. The summed E-state index contributed by atoms with van der Waals surface area (Å²) >= 11 is 0. The number of nitrogens with zero attached hydrogens (tertiary/aromatic N) is 1. The SMILES string of the molecule is C/C(=C/CC(=O)O)[N+](=O)[O-]. The Morgan fingerprint density at radius 3 is 2.60 bits per heavy atom. The van der Waals surface area contributed by atoms with Crippen molar-refractivity contribution in [3.05, 3.63) is 21.9 Å². The predicted molar refractivity (Wildman–Crippen MR) is 33.0 cm³/mol. The molecule has 0 rings (SSSR count). The molecule has 0 aliphatic carbocycles. The van der Waals surface area contributed by atoms with E-state index in [0.29, 0.717) is 0 Å². The third-order valence-electron chi connectivity index (χ3n) is 0.860. The summed E-state index contributed by atoms with van der Waals surface area (Å²) in [6.45, 7) is 1.25. The Hall–Kier alpha value is -1.39. The molecule has 0 saturated carbocycles. The fourth-order valence-electron chi connectivity index (χ4n) is 0.310. The predicted octanol–water partition coefficient (Wildman–Crippen LogP) is 0.642. The standard InChI is InChI=1S/C5H7NO4/c1-4(6(9)10)2-3-5(7)8/h2H,3H2,1H3,(H,7,8)/b4-2-. The van der Waals surface area contributed by atoms with Crippen LogP contribution in [0.25, 0.3) is 0 Å². The first-order valence-corrected chi connectivity index (χ1v) is 2.57. The number of allylic oxidation sites excluding steroid dienone is 1. The zero-order valence-electron chi connectivity index (χ0n) is 5.40. The van der Waals surface area contributed by atoms with Gasteiger partial charge in [0.25, 0.3) is 0 Å². The van der Waals surface area contributed by atoms with Crippen molar-refractivity contribution in [2.45, 2.75) is 13.3 Å². The Balaban J connectivity index is 3.92. The van der Waals surface area contributed by atoms with Crippen LogP contribution in [0.5, 0.6) is 0 Å². The minimum atomic E-state index is -1.07. The number of aliphatic carboxylic acids is 1. The molecule has 0 unspecified atom stereocenters. The first-order chi connectivity index (χ1) is 4.54. The van der Waals surface area contributed by atoms with Crippen LogP contribution in [0.1, 0.15) is 13.3 Å². The fourth-order valence-corrected chi connectivity index (χ4v) is 0.310. The van der Waals surface area contributed by atoms with E-state index in [1.807, 2.05) is 0 Å². The Labute approximate surface area is 57.1 Å². The zero-order chi connectivity index (χ0) is 8.15.